The van der Waals surface area contributed by atoms with E-state index in [9.17, 15) is 14.4 Å². The molecular weight excluding hydrogens is 392 g/mol. The smallest absolute Gasteiger partial charge is 0.260 e. The molecular formula is C25H32N2O4. The van der Waals surface area contributed by atoms with E-state index in [1.165, 1.54) is 0 Å². The van der Waals surface area contributed by atoms with Gasteiger partial charge in [-0.3, -0.25) is 14.4 Å². The molecule has 0 saturated carbocycles. The second kappa shape index (κ2) is 12.5. The SMILES string of the molecule is CCCCCN(C(=O)COc1ccccc1C(=O)NCC(=O)c1ccccc1)C(C)C. The van der Waals surface area contributed by atoms with Crippen molar-refractivity contribution in [2.75, 3.05) is 19.7 Å². The van der Waals surface area contributed by atoms with Crippen molar-refractivity contribution in [3.8, 4) is 5.75 Å². The molecule has 0 spiro atoms. The van der Waals surface area contributed by atoms with Gasteiger partial charge >= 0.3 is 0 Å². The molecule has 1 N–H and O–H groups in total. The molecule has 0 atom stereocenters. The fraction of sp³-hybridized carbons (Fsp3) is 0.400. The minimum absolute atomic E-state index is 0.0792. The number of nitrogens with one attached hydrogen (secondary N) is 1. The van der Waals surface area contributed by atoms with Crippen LogP contribution in [0.25, 0.3) is 0 Å². The Morgan fingerprint density at radius 1 is 0.968 bits per heavy atom. The number of Topliss-reactive ketones (excluding diaryl/α,β-unsaturated/α-hetero) is 1. The minimum Gasteiger partial charge on any atom is -0.483 e. The van der Waals surface area contributed by atoms with Crippen molar-refractivity contribution in [1.29, 1.82) is 0 Å². The van der Waals surface area contributed by atoms with Crippen molar-refractivity contribution < 1.29 is 19.1 Å². The number of ketones is 1. The zero-order chi connectivity index (χ0) is 22.6. The average molecular weight is 425 g/mol. The van der Waals surface area contributed by atoms with E-state index < -0.39 is 5.91 Å². The first-order chi connectivity index (χ1) is 14.9. The van der Waals surface area contributed by atoms with Gasteiger partial charge in [0.15, 0.2) is 12.4 Å². The maximum absolute atomic E-state index is 12.7. The topological polar surface area (TPSA) is 75.7 Å². The Morgan fingerprint density at radius 2 is 1.65 bits per heavy atom. The van der Waals surface area contributed by atoms with Crippen LogP contribution in [0.15, 0.2) is 54.6 Å². The molecule has 2 aromatic carbocycles. The number of unbranched alkanes of at least 4 members (excludes halogenated alkanes) is 2. The van der Waals surface area contributed by atoms with E-state index in [1.54, 1.807) is 53.4 Å². The molecule has 2 amide bonds. The number of rotatable bonds is 12. The number of amides is 2. The normalized spacial score (nSPS) is 10.6. The summed E-state index contributed by atoms with van der Waals surface area (Å²) in [5.41, 5.74) is 0.827. The predicted molar refractivity (Wildman–Crippen MR) is 121 cm³/mol. The third kappa shape index (κ3) is 7.55. The van der Waals surface area contributed by atoms with Gasteiger partial charge in [-0.15, -0.1) is 0 Å². The molecule has 0 heterocycles. The summed E-state index contributed by atoms with van der Waals surface area (Å²) >= 11 is 0. The van der Waals surface area contributed by atoms with Crippen molar-refractivity contribution in [2.24, 2.45) is 0 Å². The van der Waals surface area contributed by atoms with E-state index in [0.29, 0.717) is 23.4 Å². The van der Waals surface area contributed by atoms with Gasteiger partial charge in [-0.1, -0.05) is 62.2 Å². The lowest BCUT2D eigenvalue weighted by molar-refractivity contribution is -0.135. The molecule has 31 heavy (non-hydrogen) atoms. The van der Waals surface area contributed by atoms with E-state index in [4.69, 9.17) is 4.74 Å². The lowest BCUT2D eigenvalue weighted by Gasteiger charge is -2.27. The highest BCUT2D eigenvalue weighted by molar-refractivity contribution is 6.03. The van der Waals surface area contributed by atoms with Crippen LogP contribution >= 0.6 is 0 Å². The summed E-state index contributed by atoms with van der Waals surface area (Å²) in [5, 5.41) is 2.64. The zero-order valence-corrected chi connectivity index (χ0v) is 18.6. The molecule has 2 aromatic rings. The average Bonchev–Trinajstić information content (AvgIpc) is 2.79. The van der Waals surface area contributed by atoms with Crippen LogP contribution in [0.2, 0.25) is 0 Å². The maximum atomic E-state index is 12.7. The second-order valence-electron chi connectivity index (χ2n) is 7.64. The first-order valence-corrected chi connectivity index (χ1v) is 10.8. The number of para-hydroxylation sites is 1. The standard InChI is InChI=1S/C25H32N2O4/c1-4-5-11-16-27(19(2)3)24(29)18-31-23-15-10-9-14-21(23)25(30)26-17-22(28)20-12-7-6-8-13-20/h6-10,12-15,19H,4-5,11,16-18H2,1-3H3,(H,26,30). The van der Waals surface area contributed by atoms with E-state index in [-0.39, 0.29) is 30.9 Å². The Kier molecular flexibility index (Phi) is 9.75. The minimum atomic E-state index is -0.420. The molecule has 0 radical (unpaired) electrons. The Balaban J connectivity index is 1.97. The van der Waals surface area contributed by atoms with Crippen LogP contribution in [0.1, 0.15) is 60.7 Å². The summed E-state index contributed by atoms with van der Waals surface area (Å²) in [5.74, 6) is -0.392. The van der Waals surface area contributed by atoms with E-state index in [0.717, 1.165) is 19.3 Å². The molecule has 0 bridgehead atoms. The highest BCUT2D eigenvalue weighted by Crippen LogP contribution is 2.18. The van der Waals surface area contributed by atoms with Gasteiger partial charge in [0, 0.05) is 18.2 Å². The number of carbonyl (C=O) groups is 3. The van der Waals surface area contributed by atoms with E-state index in [2.05, 4.69) is 12.2 Å². The summed E-state index contributed by atoms with van der Waals surface area (Å²) in [6, 6.07) is 15.6. The summed E-state index contributed by atoms with van der Waals surface area (Å²) in [4.78, 5) is 39.3. The van der Waals surface area contributed by atoms with Crippen molar-refractivity contribution in [3.63, 3.8) is 0 Å². The molecule has 0 aliphatic carbocycles. The Bertz CT molecular complexity index is 865. The Labute approximate surface area is 184 Å². The lowest BCUT2D eigenvalue weighted by atomic mass is 10.1. The van der Waals surface area contributed by atoms with Crippen LogP contribution in [0.3, 0.4) is 0 Å². The maximum Gasteiger partial charge on any atom is 0.260 e. The van der Waals surface area contributed by atoms with Crippen molar-refractivity contribution >= 4 is 17.6 Å². The van der Waals surface area contributed by atoms with Crippen molar-refractivity contribution in [2.45, 2.75) is 46.1 Å². The second-order valence-corrected chi connectivity index (χ2v) is 7.64. The number of hydrogen-bond donors (Lipinski definition) is 1. The molecule has 6 nitrogen and oxygen atoms in total. The third-order valence-electron chi connectivity index (χ3n) is 4.93. The molecule has 0 unspecified atom stereocenters. The van der Waals surface area contributed by atoms with Gasteiger partial charge in [-0.25, -0.2) is 0 Å². The summed E-state index contributed by atoms with van der Waals surface area (Å²) in [6.45, 7) is 6.52. The highest BCUT2D eigenvalue weighted by atomic mass is 16.5. The number of ether oxygens (including phenoxy) is 1. The number of nitrogens with zero attached hydrogens (tertiary/aromatic N) is 1. The molecule has 2 rings (SSSR count). The van der Waals surface area contributed by atoms with Crippen molar-refractivity contribution in [3.05, 3.63) is 65.7 Å². The number of carbonyl (C=O) groups excluding carboxylic acids is 3. The van der Waals surface area contributed by atoms with Gasteiger partial charge in [0.2, 0.25) is 0 Å². The predicted octanol–water partition coefficient (Wildman–Crippen LogP) is 4.11. The number of hydrogen-bond acceptors (Lipinski definition) is 4. The highest BCUT2D eigenvalue weighted by Gasteiger charge is 2.19. The molecule has 166 valence electrons. The van der Waals surface area contributed by atoms with Gasteiger partial charge < -0.3 is 15.0 Å². The summed E-state index contributed by atoms with van der Waals surface area (Å²) in [7, 11) is 0. The molecule has 0 saturated heterocycles. The monoisotopic (exact) mass is 424 g/mol. The van der Waals surface area contributed by atoms with Crippen LogP contribution in [0.5, 0.6) is 5.75 Å². The zero-order valence-electron chi connectivity index (χ0n) is 18.6. The molecule has 6 heteroatoms. The first-order valence-electron chi connectivity index (χ1n) is 10.8. The third-order valence-corrected chi connectivity index (χ3v) is 4.93. The summed E-state index contributed by atoms with van der Waals surface area (Å²) in [6.07, 6.45) is 3.11. The van der Waals surface area contributed by atoms with Gasteiger partial charge in [0.1, 0.15) is 5.75 Å². The van der Waals surface area contributed by atoms with Crippen LogP contribution in [-0.4, -0.2) is 48.2 Å². The van der Waals surface area contributed by atoms with Gasteiger partial charge in [-0.2, -0.15) is 0 Å². The van der Waals surface area contributed by atoms with Crippen LogP contribution in [-0.2, 0) is 4.79 Å². The molecule has 0 aromatic heterocycles. The van der Waals surface area contributed by atoms with Crippen molar-refractivity contribution in [1.82, 2.24) is 10.2 Å². The lowest BCUT2D eigenvalue weighted by Crippen LogP contribution is -2.40. The quantitative estimate of drug-likeness (QED) is 0.411. The first kappa shape index (κ1) is 24.1. The number of benzene rings is 2. The Hall–Kier alpha value is -3.15. The van der Waals surface area contributed by atoms with Crippen LogP contribution in [0, 0.1) is 0 Å². The summed E-state index contributed by atoms with van der Waals surface area (Å²) < 4.78 is 5.71. The Morgan fingerprint density at radius 3 is 2.32 bits per heavy atom. The largest absolute Gasteiger partial charge is 0.483 e. The fourth-order valence-corrected chi connectivity index (χ4v) is 3.19. The van der Waals surface area contributed by atoms with E-state index >= 15 is 0 Å². The van der Waals surface area contributed by atoms with Crippen LogP contribution < -0.4 is 10.1 Å². The molecule has 0 fully saturated rings. The van der Waals surface area contributed by atoms with Crippen LogP contribution in [0.4, 0.5) is 0 Å². The van der Waals surface area contributed by atoms with Gasteiger partial charge in [-0.05, 0) is 32.4 Å². The fourth-order valence-electron chi connectivity index (χ4n) is 3.19. The molecule has 0 aliphatic heterocycles. The van der Waals surface area contributed by atoms with Gasteiger partial charge in [0.25, 0.3) is 11.8 Å². The van der Waals surface area contributed by atoms with Gasteiger partial charge in [0.05, 0.1) is 12.1 Å². The van der Waals surface area contributed by atoms with E-state index in [1.807, 2.05) is 19.9 Å². The molecule has 0 aliphatic rings.